The fourth-order valence-electron chi connectivity index (χ4n) is 1.74. The second kappa shape index (κ2) is 5.96. The minimum atomic E-state index is -0.496. The van der Waals surface area contributed by atoms with Crippen molar-refractivity contribution in [3.8, 4) is 17.0 Å². The summed E-state index contributed by atoms with van der Waals surface area (Å²) in [4.78, 5) is 18.7. The largest absolute Gasteiger partial charge is 0.497 e. The van der Waals surface area contributed by atoms with Crippen molar-refractivity contribution in [1.82, 2.24) is 9.97 Å². The van der Waals surface area contributed by atoms with Gasteiger partial charge in [0.05, 0.1) is 12.0 Å². The molecule has 0 atom stereocenters. The molecule has 7 heteroatoms. The van der Waals surface area contributed by atoms with E-state index in [9.17, 15) is 10.1 Å². The number of nitrogens with zero attached hydrogens (tertiary/aromatic N) is 3. The molecule has 104 valence electrons. The number of anilines is 1. The Kier molecular flexibility index (Phi) is 4.09. The molecule has 1 aromatic carbocycles. The molecule has 0 unspecified atom stereocenters. The van der Waals surface area contributed by atoms with Gasteiger partial charge in [-0.15, -0.1) is 0 Å². The first kappa shape index (κ1) is 13.7. The lowest BCUT2D eigenvalue weighted by Crippen LogP contribution is -2.05. The lowest BCUT2D eigenvalue weighted by molar-refractivity contribution is -0.384. The van der Waals surface area contributed by atoms with Crippen molar-refractivity contribution < 1.29 is 9.66 Å². The van der Waals surface area contributed by atoms with Crippen molar-refractivity contribution in [3.63, 3.8) is 0 Å². The Labute approximate surface area is 115 Å². The van der Waals surface area contributed by atoms with Gasteiger partial charge in [0, 0.05) is 12.1 Å². The summed E-state index contributed by atoms with van der Waals surface area (Å²) in [6.45, 7) is 2.53. The Morgan fingerprint density at radius 2 is 2.25 bits per heavy atom. The number of rotatable bonds is 5. The summed E-state index contributed by atoms with van der Waals surface area (Å²) in [5.41, 5.74) is 0.734. The van der Waals surface area contributed by atoms with E-state index in [4.69, 9.17) is 4.74 Å². The number of aromatic nitrogens is 2. The van der Waals surface area contributed by atoms with Crippen LogP contribution in [-0.4, -0.2) is 28.5 Å². The van der Waals surface area contributed by atoms with E-state index in [2.05, 4.69) is 15.3 Å². The van der Waals surface area contributed by atoms with Gasteiger partial charge in [-0.1, -0.05) is 12.1 Å². The third kappa shape index (κ3) is 2.82. The summed E-state index contributed by atoms with van der Waals surface area (Å²) in [7, 11) is 1.54. The predicted molar refractivity (Wildman–Crippen MR) is 74.8 cm³/mol. The van der Waals surface area contributed by atoms with Gasteiger partial charge < -0.3 is 10.1 Å². The van der Waals surface area contributed by atoms with Crippen LogP contribution in [0.1, 0.15) is 6.92 Å². The van der Waals surface area contributed by atoms with Crippen molar-refractivity contribution in [1.29, 1.82) is 0 Å². The quantitative estimate of drug-likeness (QED) is 0.665. The van der Waals surface area contributed by atoms with E-state index in [1.54, 1.807) is 24.3 Å². The number of benzene rings is 1. The number of nitro groups is 1. The SMILES string of the molecule is CCNc1ncc([N+](=O)[O-])c(-c2cccc(OC)c2)n1. The maximum absolute atomic E-state index is 11.1. The molecule has 0 bridgehead atoms. The number of hydrogen-bond donors (Lipinski definition) is 1. The highest BCUT2D eigenvalue weighted by Crippen LogP contribution is 2.30. The summed E-state index contributed by atoms with van der Waals surface area (Å²) < 4.78 is 5.13. The van der Waals surface area contributed by atoms with Gasteiger partial charge in [0.15, 0.2) is 5.69 Å². The lowest BCUT2D eigenvalue weighted by atomic mass is 10.1. The van der Waals surface area contributed by atoms with E-state index in [0.717, 1.165) is 0 Å². The Morgan fingerprint density at radius 3 is 2.90 bits per heavy atom. The molecule has 0 saturated heterocycles. The van der Waals surface area contributed by atoms with Crippen molar-refractivity contribution in [3.05, 3.63) is 40.6 Å². The van der Waals surface area contributed by atoms with Crippen LogP contribution in [0, 0.1) is 10.1 Å². The molecule has 1 heterocycles. The van der Waals surface area contributed by atoms with Crippen LogP contribution in [0.25, 0.3) is 11.3 Å². The third-order valence-corrected chi connectivity index (χ3v) is 2.64. The highest BCUT2D eigenvalue weighted by Gasteiger charge is 2.19. The van der Waals surface area contributed by atoms with Crippen LogP contribution in [-0.2, 0) is 0 Å². The summed E-state index contributed by atoms with van der Waals surface area (Å²) in [6.07, 6.45) is 1.21. The van der Waals surface area contributed by atoms with E-state index in [1.807, 2.05) is 6.92 Å². The molecule has 0 radical (unpaired) electrons. The third-order valence-electron chi connectivity index (χ3n) is 2.64. The number of methoxy groups -OCH3 is 1. The molecular weight excluding hydrogens is 260 g/mol. The molecular formula is C13H14N4O3. The van der Waals surface area contributed by atoms with E-state index < -0.39 is 4.92 Å². The van der Waals surface area contributed by atoms with Crippen LogP contribution in [0.5, 0.6) is 5.75 Å². The van der Waals surface area contributed by atoms with Gasteiger partial charge in [-0.3, -0.25) is 10.1 Å². The van der Waals surface area contributed by atoms with E-state index in [0.29, 0.717) is 23.8 Å². The molecule has 1 N–H and O–H groups in total. The zero-order valence-electron chi connectivity index (χ0n) is 11.2. The second-order valence-corrected chi connectivity index (χ2v) is 3.95. The molecule has 0 spiro atoms. The summed E-state index contributed by atoms with van der Waals surface area (Å²) in [5, 5.41) is 14.0. The molecule has 0 aliphatic heterocycles. The topological polar surface area (TPSA) is 90.2 Å². The summed E-state index contributed by atoms with van der Waals surface area (Å²) >= 11 is 0. The molecule has 7 nitrogen and oxygen atoms in total. The minimum absolute atomic E-state index is 0.139. The Hall–Kier alpha value is -2.70. The first-order chi connectivity index (χ1) is 9.65. The summed E-state index contributed by atoms with van der Waals surface area (Å²) in [5.74, 6) is 0.969. The molecule has 0 saturated carbocycles. The van der Waals surface area contributed by atoms with Crippen LogP contribution in [0.15, 0.2) is 30.5 Å². The van der Waals surface area contributed by atoms with Crippen molar-refractivity contribution in [2.45, 2.75) is 6.92 Å². The molecule has 20 heavy (non-hydrogen) atoms. The lowest BCUT2D eigenvalue weighted by Gasteiger charge is -2.07. The highest BCUT2D eigenvalue weighted by atomic mass is 16.6. The van der Waals surface area contributed by atoms with Crippen LogP contribution >= 0.6 is 0 Å². The van der Waals surface area contributed by atoms with Crippen LogP contribution in [0.3, 0.4) is 0 Å². The van der Waals surface area contributed by atoms with Crippen molar-refractivity contribution in [2.24, 2.45) is 0 Å². The number of hydrogen-bond acceptors (Lipinski definition) is 6. The first-order valence-electron chi connectivity index (χ1n) is 6.05. The van der Waals surface area contributed by atoms with Crippen LogP contribution in [0.4, 0.5) is 11.6 Å². The fraction of sp³-hybridized carbons (Fsp3) is 0.231. The zero-order chi connectivity index (χ0) is 14.5. The van der Waals surface area contributed by atoms with Gasteiger partial charge in [-0.05, 0) is 19.1 Å². The van der Waals surface area contributed by atoms with Gasteiger partial charge in [-0.2, -0.15) is 0 Å². The molecule has 2 aromatic rings. The first-order valence-corrected chi connectivity index (χ1v) is 6.05. The molecule has 0 amide bonds. The average Bonchev–Trinajstić information content (AvgIpc) is 2.47. The Balaban J connectivity index is 2.56. The predicted octanol–water partition coefficient (Wildman–Crippen LogP) is 2.49. The smallest absolute Gasteiger partial charge is 0.313 e. The zero-order valence-corrected chi connectivity index (χ0v) is 11.2. The van der Waals surface area contributed by atoms with Gasteiger partial charge in [0.2, 0.25) is 5.95 Å². The van der Waals surface area contributed by atoms with Gasteiger partial charge in [0.25, 0.3) is 0 Å². The van der Waals surface area contributed by atoms with E-state index in [1.165, 1.54) is 13.3 Å². The maximum atomic E-state index is 11.1. The standard InChI is InChI=1S/C13H14N4O3/c1-3-14-13-15-8-11(17(18)19)12(16-13)9-5-4-6-10(7-9)20-2/h4-8H,3H2,1-2H3,(H,14,15,16). The van der Waals surface area contributed by atoms with Crippen LogP contribution in [0.2, 0.25) is 0 Å². The number of nitrogens with one attached hydrogen (secondary N) is 1. The van der Waals surface area contributed by atoms with E-state index in [-0.39, 0.29) is 11.4 Å². The second-order valence-electron chi connectivity index (χ2n) is 3.95. The van der Waals surface area contributed by atoms with Gasteiger partial charge in [0.1, 0.15) is 11.9 Å². The normalized spacial score (nSPS) is 10.1. The Bertz CT molecular complexity index is 631. The number of ether oxygens (including phenoxy) is 1. The van der Waals surface area contributed by atoms with Gasteiger partial charge >= 0.3 is 5.69 Å². The van der Waals surface area contributed by atoms with Crippen molar-refractivity contribution in [2.75, 3.05) is 19.0 Å². The molecule has 0 aliphatic carbocycles. The molecule has 1 aromatic heterocycles. The highest BCUT2D eigenvalue weighted by molar-refractivity contribution is 5.71. The fourth-order valence-corrected chi connectivity index (χ4v) is 1.74. The molecule has 0 aliphatic rings. The average molecular weight is 274 g/mol. The summed E-state index contributed by atoms with van der Waals surface area (Å²) in [6, 6.07) is 6.97. The monoisotopic (exact) mass is 274 g/mol. The van der Waals surface area contributed by atoms with Crippen LogP contribution < -0.4 is 10.1 Å². The molecule has 0 fully saturated rings. The van der Waals surface area contributed by atoms with Gasteiger partial charge in [-0.25, -0.2) is 9.97 Å². The Morgan fingerprint density at radius 1 is 1.45 bits per heavy atom. The van der Waals surface area contributed by atoms with Crippen molar-refractivity contribution >= 4 is 11.6 Å². The minimum Gasteiger partial charge on any atom is -0.497 e. The van der Waals surface area contributed by atoms with E-state index >= 15 is 0 Å². The maximum Gasteiger partial charge on any atom is 0.313 e. The molecule has 2 rings (SSSR count).